The van der Waals surface area contributed by atoms with Gasteiger partial charge in [-0.2, -0.15) is 11.8 Å². The number of amides is 1. The average Bonchev–Trinajstić information content (AvgIpc) is 2.01. The van der Waals surface area contributed by atoms with Gasteiger partial charge >= 0.3 is 0 Å². The van der Waals surface area contributed by atoms with Crippen LogP contribution in [0.5, 0.6) is 0 Å². The van der Waals surface area contributed by atoms with Crippen LogP contribution in [0.4, 0.5) is 0 Å². The Hall–Kier alpha value is 0.300. The van der Waals surface area contributed by atoms with Crippen molar-refractivity contribution in [1.29, 1.82) is 0 Å². The van der Waals surface area contributed by atoms with Crippen molar-refractivity contribution in [2.45, 2.75) is 19.4 Å². The molecule has 0 aromatic rings. The van der Waals surface area contributed by atoms with Crippen molar-refractivity contribution in [3.8, 4) is 0 Å². The van der Waals surface area contributed by atoms with Crippen LogP contribution in [0.2, 0.25) is 0 Å². The molecule has 0 aliphatic heterocycles. The molecule has 1 N–H and O–H groups in total. The van der Waals surface area contributed by atoms with E-state index in [9.17, 15) is 4.79 Å². The zero-order chi connectivity index (χ0) is 8.69. The number of alkyl halides is 1. The summed E-state index contributed by atoms with van der Waals surface area (Å²) in [4.78, 5) is 11.0. The molecule has 2 nitrogen and oxygen atoms in total. The first kappa shape index (κ1) is 11.3. The fourth-order valence-electron chi connectivity index (χ4n) is 0.650. The van der Waals surface area contributed by atoms with Gasteiger partial charge in [-0.15, -0.1) is 0 Å². The summed E-state index contributed by atoms with van der Waals surface area (Å²) in [5.74, 6) is 0.688. The van der Waals surface area contributed by atoms with E-state index in [2.05, 4.69) is 28.2 Å². The van der Waals surface area contributed by atoms with Gasteiger partial charge in [0.15, 0.2) is 0 Å². The predicted molar refractivity (Wildman–Crippen MR) is 54.4 cm³/mol. The summed E-state index contributed by atoms with van der Waals surface area (Å²) in [6.45, 7) is 2.06. The zero-order valence-corrected chi connectivity index (χ0v) is 9.30. The van der Waals surface area contributed by atoms with Gasteiger partial charge in [0.25, 0.3) is 0 Å². The van der Waals surface area contributed by atoms with Crippen molar-refractivity contribution in [2.75, 3.05) is 17.3 Å². The second kappa shape index (κ2) is 6.98. The standard InChI is InChI=1S/C7H14BrNOS/c1-3-6(4-8)9-7(10)5-11-2/h6H,3-5H2,1-2H3,(H,9,10). The molecule has 11 heavy (non-hydrogen) atoms. The van der Waals surface area contributed by atoms with E-state index in [1.807, 2.05) is 6.26 Å². The molecule has 0 saturated carbocycles. The highest BCUT2D eigenvalue weighted by atomic mass is 79.9. The van der Waals surface area contributed by atoms with Crippen LogP contribution in [0.25, 0.3) is 0 Å². The normalized spacial score (nSPS) is 12.6. The number of hydrogen-bond donors (Lipinski definition) is 1. The van der Waals surface area contributed by atoms with Crippen LogP contribution < -0.4 is 5.32 Å². The van der Waals surface area contributed by atoms with Crippen molar-refractivity contribution in [1.82, 2.24) is 5.32 Å². The number of hydrogen-bond acceptors (Lipinski definition) is 2. The van der Waals surface area contributed by atoms with Crippen molar-refractivity contribution in [2.24, 2.45) is 0 Å². The minimum atomic E-state index is 0.129. The van der Waals surface area contributed by atoms with E-state index in [1.54, 1.807) is 11.8 Å². The van der Waals surface area contributed by atoms with Crippen LogP contribution in [-0.2, 0) is 4.79 Å². The van der Waals surface area contributed by atoms with E-state index < -0.39 is 0 Å². The Morgan fingerprint density at radius 2 is 2.36 bits per heavy atom. The third-order valence-corrected chi connectivity index (χ3v) is 2.65. The van der Waals surface area contributed by atoms with Gasteiger partial charge in [-0.1, -0.05) is 22.9 Å². The highest BCUT2D eigenvalue weighted by Crippen LogP contribution is 1.97. The van der Waals surface area contributed by atoms with Crippen molar-refractivity contribution < 1.29 is 4.79 Å². The maximum absolute atomic E-state index is 11.0. The minimum Gasteiger partial charge on any atom is -0.352 e. The molecule has 1 amide bonds. The molecular formula is C7H14BrNOS. The largest absolute Gasteiger partial charge is 0.352 e. The summed E-state index contributed by atoms with van der Waals surface area (Å²) in [5.41, 5.74) is 0. The minimum absolute atomic E-state index is 0.129. The van der Waals surface area contributed by atoms with Gasteiger partial charge in [-0.3, -0.25) is 4.79 Å². The van der Waals surface area contributed by atoms with Gasteiger partial charge in [0.1, 0.15) is 0 Å². The average molecular weight is 240 g/mol. The van der Waals surface area contributed by atoms with E-state index in [0.717, 1.165) is 11.8 Å². The van der Waals surface area contributed by atoms with E-state index >= 15 is 0 Å². The highest BCUT2D eigenvalue weighted by molar-refractivity contribution is 9.09. The lowest BCUT2D eigenvalue weighted by molar-refractivity contribution is -0.119. The Labute approximate surface area is 80.6 Å². The van der Waals surface area contributed by atoms with E-state index in [1.165, 1.54) is 0 Å². The first-order valence-electron chi connectivity index (χ1n) is 3.58. The Kier molecular flexibility index (Phi) is 7.17. The third-order valence-electron chi connectivity index (χ3n) is 1.32. The van der Waals surface area contributed by atoms with Gasteiger partial charge in [0, 0.05) is 11.4 Å². The Balaban J connectivity index is 3.54. The summed E-state index contributed by atoms with van der Waals surface area (Å²) in [5, 5.41) is 3.75. The van der Waals surface area contributed by atoms with Crippen LogP contribution in [0.1, 0.15) is 13.3 Å². The summed E-state index contributed by atoms with van der Waals surface area (Å²) in [6.07, 6.45) is 2.90. The fraction of sp³-hybridized carbons (Fsp3) is 0.857. The lowest BCUT2D eigenvalue weighted by atomic mass is 10.3. The number of nitrogens with one attached hydrogen (secondary N) is 1. The Morgan fingerprint density at radius 3 is 2.73 bits per heavy atom. The molecule has 0 heterocycles. The van der Waals surface area contributed by atoms with E-state index in [4.69, 9.17) is 0 Å². The Bertz CT molecular complexity index is 117. The van der Waals surface area contributed by atoms with Gasteiger partial charge in [-0.05, 0) is 12.7 Å². The van der Waals surface area contributed by atoms with Crippen molar-refractivity contribution in [3.05, 3.63) is 0 Å². The first-order valence-corrected chi connectivity index (χ1v) is 6.10. The van der Waals surface area contributed by atoms with Gasteiger partial charge in [-0.25, -0.2) is 0 Å². The van der Waals surface area contributed by atoms with Crippen LogP contribution in [0.15, 0.2) is 0 Å². The molecule has 1 atom stereocenters. The molecule has 0 bridgehead atoms. The van der Waals surface area contributed by atoms with Crippen LogP contribution in [0.3, 0.4) is 0 Å². The molecule has 0 rings (SSSR count). The molecule has 0 radical (unpaired) electrons. The molecule has 0 saturated heterocycles. The quantitative estimate of drug-likeness (QED) is 0.740. The lowest BCUT2D eigenvalue weighted by Crippen LogP contribution is -2.36. The number of halogens is 1. The van der Waals surface area contributed by atoms with Gasteiger partial charge in [0.2, 0.25) is 5.91 Å². The summed E-state index contributed by atoms with van der Waals surface area (Å²) < 4.78 is 0. The molecule has 4 heteroatoms. The zero-order valence-electron chi connectivity index (χ0n) is 6.89. The summed E-state index contributed by atoms with van der Waals surface area (Å²) in [7, 11) is 0. The molecule has 0 aliphatic rings. The van der Waals surface area contributed by atoms with E-state index in [-0.39, 0.29) is 11.9 Å². The second-order valence-corrected chi connectivity index (χ2v) is 3.77. The van der Waals surface area contributed by atoms with Crippen LogP contribution in [0, 0.1) is 0 Å². The molecular weight excluding hydrogens is 226 g/mol. The third kappa shape index (κ3) is 5.56. The van der Waals surface area contributed by atoms with E-state index in [0.29, 0.717) is 5.75 Å². The highest BCUT2D eigenvalue weighted by Gasteiger charge is 2.06. The number of carbonyl (C=O) groups excluding carboxylic acids is 1. The maximum Gasteiger partial charge on any atom is 0.230 e. The molecule has 0 fully saturated rings. The summed E-state index contributed by atoms with van der Waals surface area (Å²) in [6, 6.07) is 0.287. The fourth-order valence-corrected chi connectivity index (χ4v) is 1.62. The van der Waals surface area contributed by atoms with Crippen molar-refractivity contribution in [3.63, 3.8) is 0 Å². The number of rotatable bonds is 5. The van der Waals surface area contributed by atoms with Crippen LogP contribution in [-0.4, -0.2) is 29.3 Å². The Morgan fingerprint density at radius 1 is 1.73 bits per heavy atom. The number of thioether (sulfide) groups is 1. The van der Waals surface area contributed by atoms with Gasteiger partial charge < -0.3 is 5.32 Å². The SMILES string of the molecule is CCC(CBr)NC(=O)CSC. The molecule has 0 aromatic carbocycles. The van der Waals surface area contributed by atoms with Gasteiger partial charge in [0.05, 0.1) is 5.75 Å². The first-order chi connectivity index (χ1) is 5.24. The van der Waals surface area contributed by atoms with Crippen LogP contribution >= 0.6 is 27.7 Å². The van der Waals surface area contributed by atoms with Crippen molar-refractivity contribution >= 4 is 33.6 Å². The molecule has 0 aliphatic carbocycles. The molecule has 0 aromatic heterocycles. The molecule has 0 spiro atoms. The topological polar surface area (TPSA) is 29.1 Å². The maximum atomic E-state index is 11.0. The predicted octanol–water partition coefficient (Wildman–Crippen LogP) is 1.64. The number of carbonyl (C=O) groups is 1. The monoisotopic (exact) mass is 239 g/mol. The summed E-state index contributed by atoms with van der Waals surface area (Å²) >= 11 is 4.88. The molecule has 66 valence electrons. The lowest BCUT2D eigenvalue weighted by Gasteiger charge is -2.12. The second-order valence-electron chi connectivity index (χ2n) is 2.26. The molecule has 1 unspecified atom stereocenters. The smallest absolute Gasteiger partial charge is 0.230 e.